The van der Waals surface area contributed by atoms with E-state index in [-0.39, 0.29) is 12.5 Å². The Balaban J connectivity index is 1.42. The second kappa shape index (κ2) is 8.66. The lowest BCUT2D eigenvalue weighted by Crippen LogP contribution is -2.33. The van der Waals surface area contributed by atoms with Gasteiger partial charge < -0.3 is 9.64 Å². The lowest BCUT2D eigenvalue weighted by molar-refractivity contribution is -0.137. The van der Waals surface area contributed by atoms with Crippen molar-refractivity contribution < 1.29 is 22.7 Å². The van der Waals surface area contributed by atoms with E-state index in [1.54, 1.807) is 17.0 Å². The van der Waals surface area contributed by atoms with Crippen LogP contribution in [-0.4, -0.2) is 39.0 Å². The van der Waals surface area contributed by atoms with Gasteiger partial charge in [0.05, 0.1) is 24.0 Å². The van der Waals surface area contributed by atoms with E-state index in [0.29, 0.717) is 30.2 Å². The van der Waals surface area contributed by atoms with Gasteiger partial charge in [0.2, 0.25) is 0 Å². The SMILES string of the molecule is O=C(c1cnnn1-c1ccccc1)N1CCOc2ccc(-c3ccc(C(F)(F)F)cc3)cc2C1. The molecule has 4 aromatic rings. The van der Waals surface area contributed by atoms with E-state index in [1.165, 1.54) is 23.0 Å². The van der Waals surface area contributed by atoms with E-state index in [0.717, 1.165) is 28.9 Å². The maximum Gasteiger partial charge on any atom is 0.416 e. The molecule has 0 bridgehead atoms. The van der Waals surface area contributed by atoms with Crippen LogP contribution in [0.1, 0.15) is 21.6 Å². The third kappa shape index (κ3) is 4.24. The third-order valence-corrected chi connectivity index (χ3v) is 5.64. The smallest absolute Gasteiger partial charge is 0.416 e. The second-order valence-electron chi connectivity index (χ2n) is 7.84. The number of alkyl halides is 3. The number of halogens is 3. The maximum atomic E-state index is 13.4. The number of carbonyl (C=O) groups excluding carboxylic acids is 1. The molecule has 0 atom stereocenters. The van der Waals surface area contributed by atoms with Crippen molar-refractivity contribution >= 4 is 5.91 Å². The van der Waals surface area contributed by atoms with Crippen molar-refractivity contribution in [3.63, 3.8) is 0 Å². The summed E-state index contributed by atoms with van der Waals surface area (Å²) in [6, 6.07) is 19.7. The van der Waals surface area contributed by atoms with E-state index in [4.69, 9.17) is 4.74 Å². The first-order valence-corrected chi connectivity index (χ1v) is 10.6. The molecule has 9 heteroatoms. The molecule has 2 heterocycles. The number of carbonyl (C=O) groups is 1. The van der Waals surface area contributed by atoms with Gasteiger partial charge in [-0.25, -0.2) is 4.68 Å². The van der Waals surface area contributed by atoms with Crippen LogP contribution in [0.15, 0.2) is 79.0 Å². The lowest BCUT2D eigenvalue weighted by Gasteiger charge is -2.20. The highest BCUT2D eigenvalue weighted by Gasteiger charge is 2.30. The lowest BCUT2D eigenvalue weighted by atomic mass is 10.0. The quantitative estimate of drug-likeness (QED) is 0.429. The molecule has 0 unspecified atom stereocenters. The molecule has 34 heavy (non-hydrogen) atoms. The van der Waals surface area contributed by atoms with Crippen LogP contribution in [0, 0.1) is 0 Å². The zero-order chi connectivity index (χ0) is 23.7. The van der Waals surface area contributed by atoms with Crippen LogP contribution in [0.2, 0.25) is 0 Å². The van der Waals surface area contributed by atoms with Crippen LogP contribution in [-0.2, 0) is 12.7 Å². The highest BCUT2D eigenvalue weighted by Crippen LogP contribution is 2.33. The number of rotatable bonds is 3. The van der Waals surface area contributed by atoms with Crippen LogP contribution in [0.25, 0.3) is 16.8 Å². The van der Waals surface area contributed by atoms with E-state index in [1.807, 2.05) is 36.4 Å². The van der Waals surface area contributed by atoms with Gasteiger partial charge in [-0.3, -0.25) is 4.79 Å². The first kappa shape index (κ1) is 21.7. The van der Waals surface area contributed by atoms with Gasteiger partial charge in [0, 0.05) is 12.1 Å². The molecule has 0 aliphatic carbocycles. The normalized spacial score (nSPS) is 13.7. The molecule has 1 aliphatic heterocycles. The van der Waals surface area contributed by atoms with Crippen molar-refractivity contribution in [1.82, 2.24) is 19.9 Å². The summed E-state index contributed by atoms with van der Waals surface area (Å²) in [6.07, 6.45) is -2.96. The Labute approximate surface area is 193 Å². The maximum absolute atomic E-state index is 13.4. The molecule has 0 saturated carbocycles. The number of hydrogen-bond acceptors (Lipinski definition) is 4. The summed E-state index contributed by atoms with van der Waals surface area (Å²) in [5.74, 6) is 0.394. The number of hydrogen-bond donors (Lipinski definition) is 0. The highest BCUT2D eigenvalue weighted by molar-refractivity contribution is 5.93. The number of fused-ring (bicyclic) bond motifs is 1. The Morgan fingerprint density at radius 3 is 2.41 bits per heavy atom. The second-order valence-corrected chi connectivity index (χ2v) is 7.84. The van der Waals surface area contributed by atoms with Crippen molar-refractivity contribution in [2.24, 2.45) is 0 Å². The molecule has 1 aromatic heterocycles. The molecular formula is C25H19F3N4O2. The standard InChI is InChI=1S/C25H19F3N4O2/c26-25(27,28)20-9-6-17(7-10-20)18-8-11-23-19(14-18)16-31(12-13-34-23)24(33)22-15-29-30-32(22)21-4-2-1-3-5-21/h1-11,14-15H,12-13,16H2. The van der Waals surface area contributed by atoms with E-state index in [9.17, 15) is 18.0 Å². The fourth-order valence-corrected chi connectivity index (χ4v) is 3.90. The number of aromatic nitrogens is 3. The molecule has 0 N–H and O–H groups in total. The Kier molecular flexibility index (Phi) is 5.53. The van der Waals surface area contributed by atoms with Crippen molar-refractivity contribution in [2.45, 2.75) is 12.7 Å². The minimum atomic E-state index is -4.39. The van der Waals surface area contributed by atoms with Crippen molar-refractivity contribution in [3.05, 3.63) is 95.8 Å². The topological polar surface area (TPSA) is 60.2 Å². The Bertz CT molecular complexity index is 1320. The predicted molar refractivity (Wildman–Crippen MR) is 118 cm³/mol. The Morgan fingerprint density at radius 1 is 0.941 bits per heavy atom. The van der Waals surface area contributed by atoms with Gasteiger partial charge in [-0.15, -0.1) is 5.10 Å². The first-order chi connectivity index (χ1) is 16.4. The van der Waals surface area contributed by atoms with Crippen LogP contribution in [0.5, 0.6) is 5.75 Å². The third-order valence-electron chi connectivity index (χ3n) is 5.64. The largest absolute Gasteiger partial charge is 0.491 e. The van der Waals surface area contributed by atoms with Gasteiger partial charge in [-0.05, 0) is 47.5 Å². The summed E-state index contributed by atoms with van der Waals surface area (Å²) in [4.78, 5) is 15.0. The van der Waals surface area contributed by atoms with Gasteiger partial charge in [0.1, 0.15) is 12.4 Å². The average Bonchev–Trinajstić information content (AvgIpc) is 3.24. The zero-order valence-electron chi connectivity index (χ0n) is 17.9. The predicted octanol–water partition coefficient (Wildman–Crippen LogP) is 4.99. The molecule has 1 aliphatic rings. The minimum Gasteiger partial charge on any atom is -0.491 e. The average molecular weight is 464 g/mol. The summed E-state index contributed by atoms with van der Waals surface area (Å²) in [5, 5.41) is 7.97. The van der Waals surface area contributed by atoms with Crippen LogP contribution >= 0.6 is 0 Å². The number of para-hydroxylation sites is 1. The number of amides is 1. The summed E-state index contributed by atoms with van der Waals surface area (Å²) in [7, 11) is 0. The molecule has 0 spiro atoms. The molecular weight excluding hydrogens is 445 g/mol. The molecule has 5 rings (SSSR count). The molecule has 1 amide bonds. The monoisotopic (exact) mass is 464 g/mol. The van der Waals surface area contributed by atoms with Gasteiger partial charge in [-0.2, -0.15) is 13.2 Å². The fourth-order valence-electron chi connectivity index (χ4n) is 3.90. The molecule has 0 radical (unpaired) electrons. The van der Waals surface area contributed by atoms with Gasteiger partial charge in [0.15, 0.2) is 5.69 Å². The number of benzene rings is 3. The minimum absolute atomic E-state index is 0.245. The van der Waals surface area contributed by atoms with Crippen molar-refractivity contribution in [2.75, 3.05) is 13.2 Å². The summed E-state index contributed by atoms with van der Waals surface area (Å²) in [6.45, 7) is 0.955. The van der Waals surface area contributed by atoms with Crippen molar-refractivity contribution in [3.8, 4) is 22.6 Å². The summed E-state index contributed by atoms with van der Waals surface area (Å²) in [5.41, 5.74) is 2.50. The molecule has 0 fully saturated rings. The molecule has 0 saturated heterocycles. The first-order valence-electron chi connectivity index (χ1n) is 10.6. The molecule has 172 valence electrons. The number of ether oxygens (including phenoxy) is 1. The molecule has 6 nitrogen and oxygen atoms in total. The van der Waals surface area contributed by atoms with Gasteiger partial charge in [0.25, 0.3) is 5.91 Å². The van der Waals surface area contributed by atoms with Gasteiger partial charge >= 0.3 is 6.18 Å². The zero-order valence-corrected chi connectivity index (χ0v) is 17.9. The molecule has 3 aromatic carbocycles. The summed E-state index contributed by atoms with van der Waals surface area (Å²) < 4.78 is 46.0. The Morgan fingerprint density at radius 2 is 1.68 bits per heavy atom. The number of nitrogens with zero attached hydrogens (tertiary/aromatic N) is 4. The van der Waals surface area contributed by atoms with Crippen LogP contribution < -0.4 is 4.74 Å². The van der Waals surface area contributed by atoms with Crippen LogP contribution in [0.4, 0.5) is 13.2 Å². The highest BCUT2D eigenvalue weighted by atomic mass is 19.4. The fraction of sp³-hybridized carbons (Fsp3) is 0.160. The Hall–Kier alpha value is -4.14. The van der Waals surface area contributed by atoms with E-state index in [2.05, 4.69) is 10.3 Å². The van der Waals surface area contributed by atoms with E-state index >= 15 is 0 Å². The van der Waals surface area contributed by atoms with Gasteiger partial charge in [-0.1, -0.05) is 41.6 Å². The summed E-state index contributed by atoms with van der Waals surface area (Å²) >= 11 is 0. The van der Waals surface area contributed by atoms with E-state index < -0.39 is 11.7 Å². The van der Waals surface area contributed by atoms with Crippen LogP contribution in [0.3, 0.4) is 0 Å². The van der Waals surface area contributed by atoms with Crippen molar-refractivity contribution in [1.29, 1.82) is 0 Å².